The van der Waals surface area contributed by atoms with Crippen LogP contribution >= 0.6 is 0 Å². The highest BCUT2D eigenvalue weighted by atomic mass is 16.6. The molecule has 0 saturated heterocycles. The first-order valence-electron chi connectivity index (χ1n) is 17.2. The van der Waals surface area contributed by atoms with Crippen molar-refractivity contribution in [2.75, 3.05) is 6.61 Å². The molecule has 8 atom stereocenters. The zero-order valence-electron chi connectivity index (χ0n) is 28.8. The fourth-order valence-corrected chi connectivity index (χ4v) is 8.76. The van der Waals surface area contributed by atoms with E-state index in [4.69, 9.17) is 14.2 Å². The molecule has 0 heterocycles. The lowest BCUT2D eigenvalue weighted by Crippen LogP contribution is -2.66. The molecule has 0 aromatic rings. The van der Waals surface area contributed by atoms with Gasteiger partial charge in [0.1, 0.15) is 6.61 Å². The number of carbonyl (C=O) groups is 4. The summed E-state index contributed by atoms with van der Waals surface area (Å²) in [6.45, 7) is 12.4. The van der Waals surface area contributed by atoms with Crippen molar-refractivity contribution >= 4 is 23.7 Å². The Morgan fingerprint density at radius 3 is 2.30 bits per heavy atom. The lowest BCUT2D eigenvalue weighted by Gasteiger charge is -2.49. The number of ether oxygens (including phenoxy) is 3. The number of unbranched alkanes of at least 4 members (excludes halogenated alkanes) is 7. The zero-order chi connectivity index (χ0) is 33.9. The quantitative estimate of drug-likeness (QED) is 0.0554. The van der Waals surface area contributed by atoms with Gasteiger partial charge >= 0.3 is 17.9 Å². The SMILES string of the molecule is CCCCCCCCCC=CC=CC(=O)OC1C(COC(C)=O)=CC2C(=O)C3(C=C(C)C(OC(C)=O)C13O)C(C)CC1C2C1(C)C. The largest absolute Gasteiger partial charge is 0.461 e. The topological polar surface area (TPSA) is 116 Å². The standard InChI is InChI=1S/C38H54O8/c1-8-9-10-11-12-13-14-15-16-17-18-19-31(41)46-35-28(23-44-26(4)39)21-29-32-30(36(32,6)7)20-25(3)37(33(29)42)22-24(2)34(38(35,37)43)45-27(5)40/h16-19,21-22,25,29-30,32,34-35,43H,8-15,20,23H2,1-7H3. The minimum absolute atomic E-state index is 0.00992. The smallest absolute Gasteiger partial charge is 0.331 e. The Morgan fingerprint density at radius 2 is 1.65 bits per heavy atom. The van der Waals surface area contributed by atoms with Gasteiger partial charge in [0.25, 0.3) is 0 Å². The van der Waals surface area contributed by atoms with Crippen LogP contribution < -0.4 is 0 Å². The van der Waals surface area contributed by atoms with Gasteiger partial charge < -0.3 is 19.3 Å². The number of hydrogen-bond donors (Lipinski definition) is 1. The summed E-state index contributed by atoms with van der Waals surface area (Å²) in [7, 11) is 0. The monoisotopic (exact) mass is 638 g/mol. The Bertz CT molecular complexity index is 1300. The van der Waals surface area contributed by atoms with Gasteiger partial charge in [0, 0.05) is 31.4 Å². The van der Waals surface area contributed by atoms with Crippen molar-refractivity contribution in [3.05, 3.63) is 47.6 Å². The molecule has 0 amide bonds. The molecule has 2 bridgehead atoms. The minimum atomic E-state index is -2.16. The fraction of sp³-hybridized carbons (Fsp3) is 0.684. The Labute approximate surface area is 274 Å². The molecule has 4 aliphatic carbocycles. The maximum Gasteiger partial charge on any atom is 0.331 e. The molecule has 8 unspecified atom stereocenters. The molecule has 1 N–H and O–H groups in total. The highest BCUT2D eigenvalue weighted by molar-refractivity contribution is 5.96. The van der Waals surface area contributed by atoms with E-state index in [0.717, 1.165) is 12.8 Å². The van der Waals surface area contributed by atoms with Crippen LogP contribution in [-0.2, 0) is 33.4 Å². The maximum absolute atomic E-state index is 14.8. The molecule has 4 aliphatic rings. The van der Waals surface area contributed by atoms with E-state index in [1.807, 2.05) is 13.0 Å². The first-order valence-corrected chi connectivity index (χ1v) is 17.2. The summed E-state index contributed by atoms with van der Waals surface area (Å²) in [5.41, 5.74) is -2.93. The van der Waals surface area contributed by atoms with E-state index in [9.17, 15) is 24.3 Å². The number of carbonyl (C=O) groups excluding carboxylic acids is 4. The van der Waals surface area contributed by atoms with Gasteiger partial charge in [-0.2, -0.15) is 0 Å². The maximum atomic E-state index is 14.8. The number of hydrogen-bond acceptors (Lipinski definition) is 8. The highest BCUT2D eigenvalue weighted by Crippen LogP contribution is 2.72. The van der Waals surface area contributed by atoms with Crippen molar-refractivity contribution in [2.24, 2.45) is 34.5 Å². The Morgan fingerprint density at radius 1 is 0.978 bits per heavy atom. The molecular weight excluding hydrogens is 584 g/mol. The first kappa shape index (κ1) is 35.8. The van der Waals surface area contributed by atoms with Crippen LogP contribution in [0.25, 0.3) is 0 Å². The highest BCUT2D eigenvalue weighted by Gasteiger charge is 2.77. The van der Waals surface area contributed by atoms with E-state index < -0.39 is 47.0 Å². The van der Waals surface area contributed by atoms with Crippen LogP contribution in [-0.4, -0.2) is 53.2 Å². The third-order valence-corrected chi connectivity index (χ3v) is 11.1. The molecular formula is C38H54O8. The average Bonchev–Trinajstić information content (AvgIpc) is 3.48. The van der Waals surface area contributed by atoms with Crippen LogP contribution in [0.2, 0.25) is 0 Å². The molecule has 0 radical (unpaired) electrons. The van der Waals surface area contributed by atoms with Crippen LogP contribution in [0, 0.1) is 34.5 Å². The number of fused-ring (bicyclic) bond motifs is 3. The average molecular weight is 639 g/mol. The van der Waals surface area contributed by atoms with Crippen molar-refractivity contribution in [1.82, 2.24) is 0 Å². The summed E-state index contributed by atoms with van der Waals surface area (Å²) in [6, 6.07) is 0. The fourth-order valence-electron chi connectivity index (χ4n) is 8.76. The van der Waals surface area contributed by atoms with Crippen molar-refractivity contribution < 1.29 is 38.5 Å². The number of Topliss-reactive ketones (excluding diaryl/α,β-unsaturated/α-hetero) is 1. The van der Waals surface area contributed by atoms with Gasteiger partial charge in [-0.05, 0) is 54.9 Å². The molecule has 2 fully saturated rings. The summed E-state index contributed by atoms with van der Waals surface area (Å²) in [6.07, 6.45) is 17.7. The molecule has 254 valence electrons. The third kappa shape index (κ3) is 6.69. The van der Waals surface area contributed by atoms with E-state index in [0.29, 0.717) is 17.6 Å². The Balaban J connectivity index is 1.65. The molecule has 0 aromatic carbocycles. The van der Waals surface area contributed by atoms with E-state index >= 15 is 0 Å². The molecule has 8 heteroatoms. The number of esters is 3. The van der Waals surface area contributed by atoms with Crippen molar-refractivity contribution in [2.45, 2.75) is 124 Å². The predicted molar refractivity (Wildman–Crippen MR) is 175 cm³/mol. The number of allylic oxidation sites excluding steroid dienone is 4. The van der Waals surface area contributed by atoms with Crippen LogP contribution in [0.5, 0.6) is 0 Å². The Hall–Kier alpha value is -3.00. The van der Waals surface area contributed by atoms with E-state index in [2.05, 4.69) is 20.8 Å². The predicted octanol–water partition coefficient (Wildman–Crippen LogP) is 6.76. The van der Waals surface area contributed by atoms with Gasteiger partial charge in [0.05, 0.1) is 5.41 Å². The van der Waals surface area contributed by atoms with E-state index in [1.165, 1.54) is 58.4 Å². The normalized spacial score (nSPS) is 34.2. The third-order valence-electron chi connectivity index (χ3n) is 11.1. The number of ketones is 1. The summed E-state index contributed by atoms with van der Waals surface area (Å²) in [5, 5.41) is 13.0. The van der Waals surface area contributed by atoms with Gasteiger partial charge in [-0.1, -0.05) is 96.6 Å². The minimum Gasteiger partial charge on any atom is -0.461 e. The van der Waals surface area contributed by atoms with Gasteiger partial charge in [0.15, 0.2) is 23.6 Å². The molecule has 8 nitrogen and oxygen atoms in total. The Kier molecular flexibility index (Phi) is 11.2. The summed E-state index contributed by atoms with van der Waals surface area (Å²) >= 11 is 0. The van der Waals surface area contributed by atoms with Crippen molar-refractivity contribution in [3.8, 4) is 0 Å². The van der Waals surface area contributed by atoms with Crippen LogP contribution in [0.15, 0.2) is 47.6 Å². The molecule has 0 aromatic heterocycles. The second kappa shape index (κ2) is 14.4. The lowest BCUT2D eigenvalue weighted by atomic mass is 9.59. The number of aliphatic hydroxyl groups is 1. The first-order chi connectivity index (χ1) is 21.7. The molecule has 2 saturated carbocycles. The second-order valence-corrected chi connectivity index (χ2v) is 14.6. The van der Waals surface area contributed by atoms with Crippen molar-refractivity contribution in [3.63, 3.8) is 0 Å². The summed E-state index contributed by atoms with van der Waals surface area (Å²) in [4.78, 5) is 52.6. The molecule has 1 spiro atoms. The summed E-state index contributed by atoms with van der Waals surface area (Å²) < 4.78 is 17.3. The molecule has 46 heavy (non-hydrogen) atoms. The van der Waals surface area contributed by atoms with E-state index in [1.54, 1.807) is 31.2 Å². The molecule has 0 aliphatic heterocycles. The zero-order valence-corrected chi connectivity index (χ0v) is 28.8. The van der Waals surface area contributed by atoms with Gasteiger partial charge in [-0.3, -0.25) is 14.4 Å². The van der Waals surface area contributed by atoms with Crippen molar-refractivity contribution in [1.29, 1.82) is 0 Å². The summed E-state index contributed by atoms with van der Waals surface area (Å²) in [5.74, 6) is -2.81. The van der Waals surface area contributed by atoms with Gasteiger partial charge in [-0.15, -0.1) is 0 Å². The van der Waals surface area contributed by atoms with Gasteiger partial charge in [-0.25, -0.2) is 4.79 Å². The van der Waals surface area contributed by atoms with Crippen LogP contribution in [0.3, 0.4) is 0 Å². The van der Waals surface area contributed by atoms with Crippen LogP contribution in [0.1, 0.15) is 106 Å². The van der Waals surface area contributed by atoms with Crippen LogP contribution in [0.4, 0.5) is 0 Å². The lowest BCUT2D eigenvalue weighted by molar-refractivity contribution is -0.210. The van der Waals surface area contributed by atoms with Gasteiger partial charge in [0.2, 0.25) is 0 Å². The number of rotatable bonds is 14. The second-order valence-electron chi connectivity index (χ2n) is 14.6. The van der Waals surface area contributed by atoms with E-state index in [-0.39, 0.29) is 35.6 Å². The molecule has 4 rings (SSSR count).